The Labute approximate surface area is 160 Å². The van der Waals surface area contributed by atoms with Crippen LogP contribution >= 0.6 is 0 Å². The minimum absolute atomic E-state index is 0.161. The Bertz CT molecular complexity index is 714. The second kappa shape index (κ2) is 7.27. The Morgan fingerprint density at radius 3 is 2.48 bits per heavy atom. The number of hydrogen-bond acceptors (Lipinski definition) is 3. The molecule has 4 saturated carbocycles. The van der Waals surface area contributed by atoms with E-state index >= 15 is 0 Å². The largest absolute Gasteiger partial charge is 0.489 e. The molecule has 4 fully saturated rings. The van der Waals surface area contributed by atoms with Gasteiger partial charge in [-0.1, -0.05) is 12.1 Å². The molecule has 4 bridgehead atoms. The Hall–Kier alpha value is -1.88. The molecule has 0 saturated heterocycles. The average Bonchev–Trinajstić information content (AvgIpc) is 2.68. The number of amides is 1. The van der Waals surface area contributed by atoms with Crippen LogP contribution in [0.1, 0.15) is 37.7 Å². The van der Waals surface area contributed by atoms with Crippen molar-refractivity contribution in [2.24, 2.45) is 29.4 Å². The number of carbonyl (C=O) groups excluding carboxylic acids is 1. The lowest BCUT2D eigenvalue weighted by Gasteiger charge is -2.59. The van der Waals surface area contributed by atoms with Gasteiger partial charge in [0.25, 0.3) is 0 Å². The van der Waals surface area contributed by atoms with E-state index < -0.39 is 0 Å². The first-order chi connectivity index (χ1) is 13.1. The molecule has 0 aliphatic heterocycles. The Morgan fingerprint density at radius 1 is 1.26 bits per heavy atom. The summed E-state index contributed by atoms with van der Waals surface area (Å²) in [5.41, 5.74) is 7.49. The summed E-state index contributed by atoms with van der Waals surface area (Å²) in [4.78, 5) is 12.4. The molecule has 1 amide bonds. The zero-order valence-corrected chi connectivity index (χ0v) is 15.9. The van der Waals surface area contributed by atoms with Crippen LogP contribution < -0.4 is 15.8 Å². The Kier molecular flexibility index (Phi) is 4.97. The number of benzene rings is 1. The van der Waals surface area contributed by atoms with Gasteiger partial charge in [0.2, 0.25) is 5.91 Å². The molecule has 2 unspecified atom stereocenters. The van der Waals surface area contributed by atoms with Crippen molar-refractivity contribution < 1.29 is 13.9 Å². The fraction of sp³-hybridized carbons (Fsp3) is 0.591. The summed E-state index contributed by atoms with van der Waals surface area (Å²) in [6.07, 6.45) is 6.39. The van der Waals surface area contributed by atoms with Gasteiger partial charge in [0.05, 0.1) is 6.33 Å². The highest BCUT2D eigenvalue weighted by molar-refractivity contribution is 5.79. The highest BCUT2D eigenvalue weighted by Crippen LogP contribution is 2.62. The molecule has 0 heterocycles. The van der Waals surface area contributed by atoms with Gasteiger partial charge in [-0.25, -0.2) is 4.39 Å². The van der Waals surface area contributed by atoms with Crippen molar-refractivity contribution in [3.63, 3.8) is 0 Å². The second-order valence-corrected chi connectivity index (χ2v) is 8.67. The van der Waals surface area contributed by atoms with Gasteiger partial charge in [-0.05, 0) is 73.0 Å². The number of hydrogen-bond donors (Lipinski definition) is 2. The summed E-state index contributed by atoms with van der Waals surface area (Å²) in [7, 11) is 1.76. The van der Waals surface area contributed by atoms with Crippen molar-refractivity contribution in [1.29, 1.82) is 0 Å². The minimum Gasteiger partial charge on any atom is -0.489 e. The third-order valence-corrected chi connectivity index (χ3v) is 7.13. The van der Waals surface area contributed by atoms with Crippen LogP contribution in [0, 0.1) is 23.7 Å². The highest BCUT2D eigenvalue weighted by Gasteiger charge is 2.57. The second-order valence-electron chi connectivity index (χ2n) is 8.67. The van der Waals surface area contributed by atoms with E-state index in [2.05, 4.69) is 17.4 Å². The molecular formula is C22H29FN2O2. The lowest BCUT2D eigenvalue weighted by molar-refractivity contribution is -0.139. The number of nitrogens with two attached hydrogens (primary N) is 1. The fourth-order valence-corrected chi connectivity index (χ4v) is 6.19. The van der Waals surface area contributed by atoms with Crippen LogP contribution in [0.2, 0.25) is 0 Å². The maximum atomic E-state index is 12.6. The fourth-order valence-electron chi connectivity index (χ4n) is 6.19. The van der Waals surface area contributed by atoms with Crippen LogP contribution in [0.25, 0.3) is 0 Å². The standard InChI is InChI=1S/C22H29FN2O2/c1-25-21(26)20-16-6-14-7-17(20)10-22(8-14,9-16)18-2-4-19(5-3-18)27-13-15(11-23)12-24/h2-5,11,14,16-17,20H,6-10,12-13,24H2,1H3,(H,25,26)/b15-11+/t14?,16?,17?,20-,22-. The van der Waals surface area contributed by atoms with E-state index in [1.165, 1.54) is 24.8 Å². The van der Waals surface area contributed by atoms with Crippen molar-refractivity contribution in [3.8, 4) is 5.75 Å². The lowest BCUT2D eigenvalue weighted by atomic mass is 9.44. The molecule has 5 heteroatoms. The SMILES string of the molecule is CNC(=O)[C@H]1C2CC3CC1C[C@](c1ccc(OC/C(=C/F)CN)cc1)(C3)C2. The van der Waals surface area contributed by atoms with Gasteiger partial charge in [0.15, 0.2) is 0 Å². The molecule has 0 spiro atoms. The summed E-state index contributed by atoms with van der Waals surface area (Å²) in [6.45, 7) is 0.339. The van der Waals surface area contributed by atoms with E-state index in [0.29, 0.717) is 23.7 Å². The molecule has 3 N–H and O–H groups in total. The van der Waals surface area contributed by atoms with E-state index in [4.69, 9.17) is 10.5 Å². The number of nitrogens with one attached hydrogen (secondary N) is 1. The lowest BCUT2D eigenvalue weighted by Crippen LogP contribution is -2.56. The first-order valence-electron chi connectivity index (χ1n) is 10.0. The Balaban J connectivity index is 1.50. The summed E-state index contributed by atoms with van der Waals surface area (Å²) < 4.78 is 18.3. The number of rotatable bonds is 6. The predicted octanol–water partition coefficient (Wildman–Crippen LogP) is 3.32. The molecule has 2 atom stereocenters. The van der Waals surface area contributed by atoms with Gasteiger partial charge < -0.3 is 15.8 Å². The minimum atomic E-state index is 0.161. The first-order valence-corrected chi connectivity index (χ1v) is 10.0. The molecule has 27 heavy (non-hydrogen) atoms. The summed E-state index contributed by atoms with van der Waals surface area (Å²) >= 11 is 0. The topological polar surface area (TPSA) is 64.3 Å². The molecule has 4 nitrogen and oxygen atoms in total. The Morgan fingerprint density at radius 2 is 1.93 bits per heavy atom. The monoisotopic (exact) mass is 372 g/mol. The summed E-state index contributed by atoms with van der Waals surface area (Å²) in [5, 5.41) is 2.89. The van der Waals surface area contributed by atoms with E-state index in [1.54, 1.807) is 7.05 Å². The maximum absolute atomic E-state index is 12.6. The van der Waals surface area contributed by atoms with Crippen LogP contribution in [-0.2, 0) is 10.2 Å². The van der Waals surface area contributed by atoms with Gasteiger partial charge in [0, 0.05) is 25.1 Å². The molecule has 1 aromatic carbocycles. The van der Waals surface area contributed by atoms with Gasteiger partial charge >= 0.3 is 0 Å². The molecule has 5 rings (SSSR count). The van der Waals surface area contributed by atoms with Crippen LogP contribution in [0.4, 0.5) is 4.39 Å². The van der Waals surface area contributed by atoms with Crippen LogP contribution in [-0.4, -0.2) is 26.1 Å². The number of ether oxygens (including phenoxy) is 1. The normalized spacial score (nSPS) is 34.6. The molecule has 4 aliphatic carbocycles. The third-order valence-electron chi connectivity index (χ3n) is 7.13. The van der Waals surface area contributed by atoms with Gasteiger partial charge in [0.1, 0.15) is 12.4 Å². The van der Waals surface area contributed by atoms with Crippen LogP contribution in [0.15, 0.2) is 36.2 Å². The highest BCUT2D eigenvalue weighted by atomic mass is 19.1. The van der Waals surface area contributed by atoms with Crippen LogP contribution in [0.5, 0.6) is 5.75 Å². The van der Waals surface area contributed by atoms with Crippen LogP contribution in [0.3, 0.4) is 0 Å². The number of halogens is 1. The van der Waals surface area contributed by atoms with Crippen molar-refractivity contribution >= 4 is 5.91 Å². The molecular weight excluding hydrogens is 343 g/mol. The summed E-state index contributed by atoms with van der Waals surface area (Å²) in [5.74, 6) is 2.94. The zero-order valence-electron chi connectivity index (χ0n) is 15.9. The molecule has 146 valence electrons. The quantitative estimate of drug-likeness (QED) is 0.805. The van der Waals surface area contributed by atoms with Crippen molar-refractivity contribution in [2.75, 3.05) is 20.2 Å². The molecule has 0 aromatic heterocycles. The predicted molar refractivity (Wildman–Crippen MR) is 103 cm³/mol. The molecule has 0 radical (unpaired) electrons. The van der Waals surface area contributed by atoms with Crippen molar-refractivity contribution in [2.45, 2.75) is 37.5 Å². The van der Waals surface area contributed by atoms with E-state index in [0.717, 1.165) is 24.5 Å². The van der Waals surface area contributed by atoms with Crippen molar-refractivity contribution in [1.82, 2.24) is 5.32 Å². The van der Waals surface area contributed by atoms with Crippen molar-refractivity contribution in [3.05, 3.63) is 41.7 Å². The van der Waals surface area contributed by atoms with Gasteiger partial charge in [-0.2, -0.15) is 0 Å². The first kappa shape index (κ1) is 18.5. The smallest absolute Gasteiger partial charge is 0.223 e. The maximum Gasteiger partial charge on any atom is 0.223 e. The van der Waals surface area contributed by atoms with E-state index in [1.807, 2.05) is 12.1 Å². The van der Waals surface area contributed by atoms with E-state index in [-0.39, 0.29) is 30.4 Å². The zero-order chi connectivity index (χ0) is 19.0. The molecule has 1 aromatic rings. The van der Waals surface area contributed by atoms with Gasteiger partial charge in [-0.3, -0.25) is 4.79 Å². The van der Waals surface area contributed by atoms with Gasteiger partial charge in [-0.15, -0.1) is 0 Å². The number of carbonyl (C=O) groups is 1. The molecule has 4 aliphatic rings. The summed E-state index contributed by atoms with van der Waals surface area (Å²) in [6, 6.07) is 8.30. The average molecular weight is 372 g/mol. The third kappa shape index (κ3) is 3.27. The van der Waals surface area contributed by atoms with E-state index in [9.17, 15) is 9.18 Å².